The van der Waals surface area contributed by atoms with Gasteiger partial charge in [-0.05, 0) is 24.6 Å². The van der Waals surface area contributed by atoms with Crippen molar-refractivity contribution >= 4 is 5.90 Å². The van der Waals surface area contributed by atoms with Crippen molar-refractivity contribution in [3.05, 3.63) is 65.7 Å². The Morgan fingerprint density at radius 3 is 2.45 bits per heavy atom. The van der Waals surface area contributed by atoms with Crippen molar-refractivity contribution in [1.82, 2.24) is 0 Å². The second kappa shape index (κ2) is 5.37. The average molecular weight is 267 g/mol. The van der Waals surface area contributed by atoms with Crippen LogP contribution >= 0.6 is 0 Å². The Bertz CT molecular complexity index is 622. The third-order valence-corrected chi connectivity index (χ3v) is 3.46. The van der Waals surface area contributed by atoms with Crippen LogP contribution < -0.4 is 4.74 Å². The molecule has 0 N–H and O–H groups in total. The fraction of sp³-hybridized carbons (Fsp3) is 0.235. The summed E-state index contributed by atoms with van der Waals surface area (Å²) >= 11 is 0. The molecule has 2 aromatic carbocycles. The van der Waals surface area contributed by atoms with Gasteiger partial charge >= 0.3 is 0 Å². The molecule has 0 radical (unpaired) electrons. The van der Waals surface area contributed by atoms with E-state index in [1.165, 1.54) is 0 Å². The Kier molecular flexibility index (Phi) is 3.42. The molecule has 0 bridgehead atoms. The highest BCUT2D eigenvalue weighted by Crippen LogP contribution is 2.32. The molecule has 20 heavy (non-hydrogen) atoms. The van der Waals surface area contributed by atoms with Crippen molar-refractivity contribution in [2.45, 2.75) is 19.1 Å². The topological polar surface area (TPSA) is 30.8 Å². The zero-order valence-electron chi connectivity index (χ0n) is 11.6. The van der Waals surface area contributed by atoms with Crippen LogP contribution in [-0.2, 0) is 4.74 Å². The second-order valence-electron chi connectivity index (χ2n) is 4.82. The maximum Gasteiger partial charge on any atom is 0.221 e. The molecule has 0 amide bonds. The number of methoxy groups -OCH3 is 1. The Morgan fingerprint density at radius 1 is 1.00 bits per heavy atom. The average Bonchev–Trinajstić information content (AvgIpc) is 2.90. The van der Waals surface area contributed by atoms with E-state index < -0.39 is 0 Å². The number of ether oxygens (including phenoxy) is 2. The molecule has 1 aliphatic rings. The van der Waals surface area contributed by atoms with Crippen LogP contribution in [0.15, 0.2) is 59.6 Å². The number of nitrogens with zero attached hydrogens (tertiary/aromatic N) is 1. The van der Waals surface area contributed by atoms with E-state index in [0.29, 0.717) is 5.90 Å². The van der Waals surface area contributed by atoms with Crippen LogP contribution in [0.1, 0.15) is 24.2 Å². The number of benzene rings is 2. The summed E-state index contributed by atoms with van der Waals surface area (Å²) in [6, 6.07) is 18.1. The van der Waals surface area contributed by atoms with Crippen molar-refractivity contribution in [3.63, 3.8) is 0 Å². The van der Waals surface area contributed by atoms with Gasteiger partial charge in [-0.1, -0.05) is 42.5 Å². The number of aliphatic imine (C=N–C) groups is 1. The van der Waals surface area contributed by atoms with E-state index in [1.807, 2.05) is 42.5 Å². The fourth-order valence-corrected chi connectivity index (χ4v) is 2.45. The summed E-state index contributed by atoms with van der Waals surface area (Å²) in [5.41, 5.74) is 2.05. The van der Waals surface area contributed by atoms with Crippen LogP contribution in [-0.4, -0.2) is 19.0 Å². The first-order chi connectivity index (χ1) is 9.79. The van der Waals surface area contributed by atoms with E-state index in [-0.39, 0.29) is 12.1 Å². The Morgan fingerprint density at radius 2 is 1.70 bits per heavy atom. The summed E-state index contributed by atoms with van der Waals surface area (Å²) in [6.07, 6.45) is -0.0314. The number of para-hydroxylation sites is 1. The summed E-state index contributed by atoms with van der Waals surface area (Å²) in [6.45, 7) is 2.07. The van der Waals surface area contributed by atoms with Crippen LogP contribution in [0.5, 0.6) is 5.75 Å². The van der Waals surface area contributed by atoms with Gasteiger partial charge < -0.3 is 9.47 Å². The first kappa shape index (κ1) is 12.7. The van der Waals surface area contributed by atoms with Gasteiger partial charge in [0.15, 0.2) is 0 Å². The van der Waals surface area contributed by atoms with Crippen molar-refractivity contribution in [2.24, 2.45) is 4.99 Å². The highest BCUT2D eigenvalue weighted by molar-refractivity contribution is 5.98. The quantitative estimate of drug-likeness (QED) is 0.850. The molecule has 102 valence electrons. The lowest BCUT2D eigenvalue weighted by atomic mass is 10.0. The van der Waals surface area contributed by atoms with E-state index in [0.717, 1.165) is 16.9 Å². The summed E-state index contributed by atoms with van der Waals surface area (Å²) in [4.78, 5) is 4.64. The Labute approximate surface area is 118 Å². The lowest BCUT2D eigenvalue weighted by Crippen LogP contribution is -2.11. The fourth-order valence-electron chi connectivity index (χ4n) is 2.45. The molecule has 3 nitrogen and oxygen atoms in total. The SMILES string of the molecule is COc1ccccc1C1=NC(C)C(c2ccccc2)O1. The first-order valence-electron chi connectivity index (χ1n) is 6.72. The molecular weight excluding hydrogens is 250 g/mol. The van der Waals surface area contributed by atoms with Gasteiger partial charge in [0, 0.05) is 0 Å². The normalized spacial score (nSPS) is 21.2. The molecule has 2 atom stereocenters. The van der Waals surface area contributed by atoms with Crippen molar-refractivity contribution < 1.29 is 9.47 Å². The van der Waals surface area contributed by atoms with Gasteiger partial charge in [-0.25, -0.2) is 4.99 Å². The molecule has 1 aliphatic heterocycles. The second-order valence-corrected chi connectivity index (χ2v) is 4.82. The van der Waals surface area contributed by atoms with Gasteiger partial charge in [-0.3, -0.25) is 0 Å². The van der Waals surface area contributed by atoms with Gasteiger partial charge in [0.1, 0.15) is 11.9 Å². The minimum Gasteiger partial charge on any atom is -0.496 e. The highest BCUT2D eigenvalue weighted by Gasteiger charge is 2.30. The van der Waals surface area contributed by atoms with Gasteiger partial charge in [0.05, 0.1) is 18.7 Å². The highest BCUT2D eigenvalue weighted by atomic mass is 16.5. The van der Waals surface area contributed by atoms with Crippen LogP contribution in [0.25, 0.3) is 0 Å². The molecular formula is C17H17NO2. The molecule has 0 aliphatic carbocycles. The molecule has 3 rings (SSSR count). The summed E-state index contributed by atoms with van der Waals surface area (Å²) in [7, 11) is 1.66. The minimum absolute atomic E-state index is 0.0314. The van der Waals surface area contributed by atoms with Gasteiger partial charge in [-0.15, -0.1) is 0 Å². The van der Waals surface area contributed by atoms with Crippen LogP contribution in [0, 0.1) is 0 Å². The lowest BCUT2D eigenvalue weighted by molar-refractivity contribution is 0.202. The van der Waals surface area contributed by atoms with E-state index in [9.17, 15) is 0 Å². The third-order valence-electron chi connectivity index (χ3n) is 3.46. The molecule has 0 saturated carbocycles. The Hall–Kier alpha value is -2.29. The molecule has 3 heteroatoms. The standard InChI is InChI=1S/C17H17NO2/c1-12-16(13-8-4-3-5-9-13)20-17(18-12)14-10-6-7-11-15(14)19-2/h3-12,16H,1-2H3. The van der Waals surface area contributed by atoms with Gasteiger partial charge in [0.25, 0.3) is 0 Å². The van der Waals surface area contributed by atoms with Gasteiger partial charge in [0.2, 0.25) is 5.90 Å². The van der Waals surface area contributed by atoms with Crippen molar-refractivity contribution in [2.75, 3.05) is 7.11 Å². The minimum atomic E-state index is -0.0314. The zero-order valence-corrected chi connectivity index (χ0v) is 11.6. The molecule has 1 heterocycles. The van der Waals surface area contributed by atoms with Crippen LogP contribution in [0.2, 0.25) is 0 Å². The summed E-state index contributed by atoms with van der Waals surface area (Å²) in [5, 5.41) is 0. The van der Waals surface area contributed by atoms with Gasteiger partial charge in [-0.2, -0.15) is 0 Å². The molecule has 2 unspecified atom stereocenters. The van der Waals surface area contributed by atoms with E-state index in [2.05, 4.69) is 24.0 Å². The summed E-state index contributed by atoms with van der Waals surface area (Å²) in [5.74, 6) is 1.44. The first-order valence-corrected chi connectivity index (χ1v) is 6.72. The summed E-state index contributed by atoms with van der Waals surface area (Å²) < 4.78 is 11.4. The molecule has 0 spiro atoms. The molecule has 0 fully saturated rings. The van der Waals surface area contributed by atoms with E-state index in [4.69, 9.17) is 9.47 Å². The van der Waals surface area contributed by atoms with E-state index >= 15 is 0 Å². The number of hydrogen-bond donors (Lipinski definition) is 0. The van der Waals surface area contributed by atoms with Crippen molar-refractivity contribution in [3.8, 4) is 5.75 Å². The molecule has 0 aromatic heterocycles. The van der Waals surface area contributed by atoms with E-state index in [1.54, 1.807) is 7.11 Å². The predicted molar refractivity (Wildman–Crippen MR) is 79.3 cm³/mol. The maximum absolute atomic E-state index is 6.06. The number of hydrogen-bond acceptors (Lipinski definition) is 3. The van der Waals surface area contributed by atoms with Crippen LogP contribution in [0.4, 0.5) is 0 Å². The number of rotatable bonds is 3. The lowest BCUT2D eigenvalue weighted by Gasteiger charge is -2.15. The smallest absolute Gasteiger partial charge is 0.221 e. The zero-order chi connectivity index (χ0) is 13.9. The third kappa shape index (κ3) is 2.27. The van der Waals surface area contributed by atoms with Crippen molar-refractivity contribution in [1.29, 1.82) is 0 Å². The molecule has 2 aromatic rings. The largest absolute Gasteiger partial charge is 0.496 e. The molecule has 0 saturated heterocycles. The Balaban J connectivity index is 1.89. The predicted octanol–water partition coefficient (Wildman–Crippen LogP) is 3.60. The maximum atomic E-state index is 6.06. The van der Waals surface area contributed by atoms with Crippen LogP contribution in [0.3, 0.4) is 0 Å². The monoisotopic (exact) mass is 267 g/mol.